The minimum absolute atomic E-state index is 0.266. The van der Waals surface area contributed by atoms with E-state index in [0.717, 1.165) is 18.6 Å². The lowest BCUT2D eigenvalue weighted by Crippen LogP contribution is -2.28. The Morgan fingerprint density at radius 1 is 1.31 bits per heavy atom. The van der Waals surface area contributed by atoms with E-state index >= 15 is 0 Å². The van der Waals surface area contributed by atoms with Crippen LogP contribution in [-0.2, 0) is 9.84 Å². The van der Waals surface area contributed by atoms with E-state index in [2.05, 4.69) is 12.2 Å². The first kappa shape index (κ1) is 16.3. The molecule has 16 heavy (non-hydrogen) atoms. The summed E-state index contributed by atoms with van der Waals surface area (Å²) in [5.41, 5.74) is 0. The predicted molar refractivity (Wildman–Crippen MR) is 74.0 cm³/mol. The summed E-state index contributed by atoms with van der Waals surface area (Å²) in [6.45, 7) is 3.89. The van der Waals surface area contributed by atoms with E-state index in [1.807, 2.05) is 18.8 Å². The van der Waals surface area contributed by atoms with Crippen LogP contribution in [-0.4, -0.2) is 44.5 Å². The summed E-state index contributed by atoms with van der Waals surface area (Å²) in [4.78, 5) is 0. The van der Waals surface area contributed by atoms with E-state index in [9.17, 15) is 8.42 Å². The maximum absolute atomic E-state index is 11.3. The van der Waals surface area contributed by atoms with Crippen molar-refractivity contribution in [2.75, 3.05) is 30.1 Å². The van der Waals surface area contributed by atoms with Crippen LogP contribution < -0.4 is 5.32 Å². The number of hydrogen-bond donors (Lipinski definition) is 1. The van der Waals surface area contributed by atoms with Crippen molar-refractivity contribution in [3.8, 4) is 0 Å². The number of thioether (sulfide) groups is 1. The van der Waals surface area contributed by atoms with Crippen LogP contribution in [0.5, 0.6) is 0 Å². The lowest BCUT2D eigenvalue weighted by atomic mass is 10.2. The summed E-state index contributed by atoms with van der Waals surface area (Å²) in [6.07, 6.45) is 2.92. The Morgan fingerprint density at radius 2 is 2.00 bits per heavy atom. The van der Waals surface area contributed by atoms with Crippen LogP contribution in [0.3, 0.4) is 0 Å². The standard InChI is InChI=1S/C11H25NO2S2/c1-4-8-15-10-11(12-3)7-6-9-16(13,14)5-2/h11-12H,4-10H2,1-3H3. The molecule has 1 atom stereocenters. The maximum atomic E-state index is 11.3. The monoisotopic (exact) mass is 267 g/mol. The average Bonchev–Trinajstić information content (AvgIpc) is 2.27. The number of nitrogens with one attached hydrogen (secondary N) is 1. The van der Waals surface area contributed by atoms with Crippen LogP contribution in [0.1, 0.15) is 33.1 Å². The Balaban J connectivity index is 3.70. The molecule has 0 rings (SSSR count). The summed E-state index contributed by atoms with van der Waals surface area (Å²) in [5, 5.41) is 3.25. The topological polar surface area (TPSA) is 46.2 Å². The maximum Gasteiger partial charge on any atom is 0.150 e. The fourth-order valence-electron chi connectivity index (χ4n) is 1.37. The van der Waals surface area contributed by atoms with Gasteiger partial charge in [0, 0.05) is 17.5 Å². The second-order valence-corrected chi connectivity index (χ2v) is 7.56. The minimum atomic E-state index is -2.78. The summed E-state index contributed by atoms with van der Waals surface area (Å²) >= 11 is 1.94. The van der Waals surface area contributed by atoms with Crippen molar-refractivity contribution < 1.29 is 8.42 Å². The third-order valence-corrected chi connectivity index (χ3v) is 5.65. The fraction of sp³-hybridized carbons (Fsp3) is 1.00. The Hall–Kier alpha value is 0.260. The minimum Gasteiger partial charge on any atom is -0.316 e. The molecule has 0 fully saturated rings. The largest absolute Gasteiger partial charge is 0.316 e. The molecule has 0 radical (unpaired) electrons. The van der Waals surface area contributed by atoms with E-state index < -0.39 is 9.84 Å². The molecule has 0 aromatic carbocycles. The van der Waals surface area contributed by atoms with Gasteiger partial charge in [0.1, 0.15) is 9.84 Å². The summed E-state index contributed by atoms with van der Waals surface area (Å²) < 4.78 is 22.6. The molecule has 0 aliphatic rings. The van der Waals surface area contributed by atoms with Gasteiger partial charge in [0.05, 0.1) is 5.75 Å². The van der Waals surface area contributed by atoms with Gasteiger partial charge in [0.25, 0.3) is 0 Å². The van der Waals surface area contributed by atoms with Gasteiger partial charge in [-0.15, -0.1) is 0 Å². The van der Waals surface area contributed by atoms with Crippen LogP contribution >= 0.6 is 11.8 Å². The van der Waals surface area contributed by atoms with Crippen molar-refractivity contribution in [1.29, 1.82) is 0 Å². The van der Waals surface area contributed by atoms with E-state index in [-0.39, 0.29) is 5.75 Å². The van der Waals surface area contributed by atoms with Crippen LogP contribution in [0.15, 0.2) is 0 Å². The molecule has 0 aliphatic carbocycles. The highest BCUT2D eigenvalue weighted by molar-refractivity contribution is 7.99. The predicted octanol–water partition coefficient (Wildman–Crippen LogP) is 1.93. The van der Waals surface area contributed by atoms with Crippen LogP contribution in [0.2, 0.25) is 0 Å². The van der Waals surface area contributed by atoms with Gasteiger partial charge in [-0.3, -0.25) is 0 Å². The molecule has 0 aliphatic heterocycles. The first-order valence-electron chi connectivity index (χ1n) is 6.01. The van der Waals surface area contributed by atoms with E-state index in [0.29, 0.717) is 11.8 Å². The van der Waals surface area contributed by atoms with Crippen molar-refractivity contribution in [1.82, 2.24) is 5.32 Å². The van der Waals surface area contributed by atoms with Gasteiger partial charge < -0.3 is 5.32 Å². The van der Waals surface area contributed by atoms with Gasteiger partial charge in [-0.1, -0.05) is 13.8 Å². The molecule has 0 saturated carbocycles. The molecule has 0 aromatic rings. The van der Waals surface area contributed by atoms with Crippen LogP contribution in [0.4, 0.5) is 0 Å². The second-order valence-electron chi connectivity index (χ2n) is 3.94. The highest BCUT2D eigenvalue weighted by Crippen LogP contribution is 2.09. The summed E-state index contributed by atoms with van der Waals surface area (Å²) in [6, 6.07) is 0.448. The average molecular weight is 267 g/mol. The zero-order chi connectivity index (χ0) is 12.4. The molecule has 0 saturated heterocycles. The molecular weight excluding hydrogens is 242 g/mol. The second kappa shape index (κ2) is 9.31. The van der Waals surface area contributed by atoms with Gasteiger partial charge in [0.15, 0.2) is 0 Å². The SMILES string of the molecule is CCCSCC(CCCS(=O)(=O)CC)NC. The third-order valence-electron chi connectivity index (χ3n) is 2.52. The normalized spacial score (nSPS) is 13.9. The van der Waals surface area contributed by atoms with Gasteiger partial charge in [-0.05, 0) is 32.1 Å². The first-order valence-corrected chi connectivity index (χ1v) is 8.98. The zero-order valence-corrected chi connectivity index (χ0v) is 12.3. The zero-order valence-electron chi connectivity index (χ0n) is 10.7. The third kappa shape index (κ3) is 8.42. The molecule has 5 heteroatoms. The van der Waals surface area contributed by atoms with Crippen LogP contribution in [0.25, 0.3) is 0 Å². The fourth-order valence-corrected chi connectivity index (χ4v) is 3.34. The Kier molecular flexibility index (Phi) is 9.46. The number of sulfone groups is 1. The van der Waals surface area contributed by atoms with Crippen molar-refractivity contribution in [3.63, 3.8) is 0 Å². The molecule has 0 aromatic heterocycles. The smallest absolute Gasteiger partial charge is 0.150 e. The van der Waals surface area contributed by atoms with Crippen molar-refractivity contribution in [3.05, 3.63) is 0 Å². The van der Waals surface area contributed by atoms with Gasteiger partial charge >= 0.3 is 0 Å². The quantitative estimate of drug-likeness (QED) is 0.614. The van der Waals surface area contributed by atoms with E-state index in [4.69, 9.17) is 0 Å². The van der Waals surface area contributed by atoms with Gasteiger partial charge in [-0.25, -0.2) is 8.42 Å². The molecule has 0 bridgehead atoms. The lowest BCUT2D eigenvalue weighted by molar-refractivity contribution is 0.554. The Morgan fingerprint density at radius 3 is 2.50 bits per heavy atom. The Bertz CT molecular complexity index is 253. The van der Waals surface area contributed by atoms with Gasteiger partial charge in [-0.2, -0.15) is 11.8 Å². The van der Waals surface area contributed by atoms with E-state index in [1.54, 1.807) is 6.92 Å². The molecule has 0 spiro atoms. The molecule has 0 amide bonds. The number of rotatable bonds is 10. The number of hydrogen-bond acceptors (Lipinski definition) is 4. The first-order chi connectivity index (χ1) is 7.55. The van der Waals surface area contributed by atoms with Crippen molar-refractivity contribution in [2.24, 2.45) is 0 Å². The molecule has 3 nitrogen and oxygen atoms in total. The Labute approximate surface area is 105 Å². The van der Waals surface area contributed by atoms with Crippen LogP contribution in [0, 0.1) is 0 Å². The highest BCUT2D eigenvalue weighted by Gasteiger charge is 2.10. The molecular formula is C11H25NO2S2. The van der Waals surface area contributed by atoms with E-state index in [1.165, 1.54) is 12.2 Å². The molecule has 1 unspecified atom stereocenters. The van der Waals surface area contributed by atoms with Crippen molar-refractivity contribution >= 4 is 21.6 Å². The molecule has 98 valence electrons. The summed E-state index contributed by atoms with van der Waals surface area (Å²) in [5.74, 6) is 2.86. The molecule has 1 N–H and O–H groups in total. The van der Waals surface area contributed by atoms with Crippen molar-refractivity contribution in [2.45, 2.75) is 39.2 Å². The molecule has 0 heterocycles. The lowest BCUT2D eigenvalue weighted by Gasteiger charge is -2.15. The summed E-state index contributed by atoms with van der Waals surface area (Å²) in [7, 11) is -0.833. The van der Waals surface area contributed by atoms with Gasteiger partial charge in [0.2, 0.25) is 0 Å². The highest BCUT2D eigenvalue weighted by atomic mass is 32.2.